The molecule has 0 aliphatic carbocycles. The van der Waals surface area contributed by atoms with Crippen LogP contribution < -0.4 is 5.32 Å². The van der Waals surface area contributed by atoms with E-state index >= 15 is 0 Å². The van der Waals surface area contributed by atoms with Gasteiger partial charge in [0.05, 0.1) is 16.8 Å². The molecule has 1 aromatic heterocycles. The fourth-order valence-corrected chi connectivity index (χ4v) is 3.58. The molecule has 0 aliphatic heterocycles. The summed E-state index contributed by atoms with van der Waals surface area (Å²) in [5, 5.41) is 7.27. The highest BCUT2D eigenvalue weighted by molar-refractivity contribution is 9.10. The van der Waals surface area contributed by atoms with Crippen LogP contribution in [0.2, 0.25) is 5.02 Å². The summed E-state index contributed by atoms with van der Waals surface area (Å²) in [4.78, 5) is 4.79. The first-order valence-corrected chi connectivity index (χ1v) is 8.46. The van der Waals surface area contributed by atoms with Crippen molar-refractivity contribution in [3.05, 3.63) is 49.3 Å². The van der Waals surface area contributed by atoms with Crippen LogP contribution in [0.1, 0.15) is 43.1 Å². The molecule has 20 heavy (non-hydrogen) atoms. The summed E-state index contributed by atoms with van der Waals surface area (Å²) in [7, 11) is 1.95. The Balaban J connectivity index is 2.37. The zero-order chi connectivity index (χ0) is 14.9. The van der Waals surface area contributed by atoms with Crippen LogP contribution in [0, 0.1) is 0 Å². The van der Waals surface area contributed by atoms with Crippen molar-refractivity contribution in [2.24, 2.45) is 0 Å². The topological polar surface area (TPSA) is 24.9 Å². The lowest BCUT2D eigenvalue weighted by atomic mass is 9.93. The van der Waals surface area contributed by atoms with E-state index in [2.05, 4.69) is 47.4 Å². The van der Waals surface area contributed by atoms with Gasteiger partial charge >= 0.3 is 0 Å². The molecule has 0 spiro atoms. The molecule has 5 heteroatoms. The van der Waals surface area contributed by atoms with Crippen LogP contribution in [-0.4, -0.2) is 12.0 Å². The van der Waals surface area contributed by atoms with Gasteiger partial charge in [0.15, 0.2) is 0 Å². The summed E-state index contributed by atoms with van der Waals surface area (Å²) in [6.45, 7) is 6.54. The molecule has 0 radical (unpaired) electrons. The quantitative estimate of drug-likeness (QED) is 0.803. The van der Waals surface area contributed by atoms with Gasteiger partial charge in [-0.1, -0.05) is 38.4 Å². The number of rotatable bonds is 3. The van der Waals surface area contributed by atoms with Crippen molar-refractivity contribution in [2.75, 3.05) is 7.05 Å². The Bertz CT molecular complexity index is 604. The van der Waals surface area contributed by atoms with Crippen LogP contribution in [-0.2, 0) is 5.41 Å². The average Bonchev–Trinajstić information content (AvgIpc) is 2.84. The molecular weight excluding hydrogens is 356 g/mol. The zero-order valence-corrected chi connectivity index (χ0v) is 15.2. The van der Waals surface area contributed by atoms with Gasteiger partial charge in [0, 0.05) is 15.3 Å². The standard InChI is InChI=1S/C15H18BrClN2S/c1-15(2,3)12-8-20-14(19-12)13(18-4)9-5-6-11(17)10(16)7-9/h5-8,13,18H,1-4H3. The average molecular weight is 374 g/mol. The third-order valence-electron chi connectivity index (χ3n) is 3.10. The number of halogens is 2. The molecule has 0 saturated carbocycles. The Labute approximate surface area is 137 Å². The zero-order valence-electron chi connectivity index (χ0n) is 12.0. The number of nitrogens with zero attached hydrogens (tertiary/aromatic N) is 1. The third kappa shape index (κ3) is 3.42. The van der Waals surface area contributed by atoms with Gasteiger partial charge in [0.25, 0.3) is 0 Å². The molecule has 2 nitrogen and oxygen atoms in total. The predicted octanol–water partition coefficient (Wildman–Crippen LogP) is 5.17. The van der Waals surface area contributed by atoms with Gasteiger partial charge < -0.3 is 5.32 Å². The molecule has 0 saturated heterocycles. The summed E-state index contributed by atoms with van der Waals surface area (Å²) < 4.78 is 0.907. The number of aromatic nitrogens is 1. The van der Waals surface area contributed by atoms with Crippen LogP contribution in [0.25, 0.3) is 0 Å². The molecule has 1 aromatic carbocycles. The Hall–Kier alpha value is -0.420. The van der Waals surface area contributed by atoms with E-state index in [0.29, 0.717) is 0 Å². The second-order valence-electron chi connectivity index (χ2n) is 5.72. The van der Waals surface area contributed by atoms with Gasteiger partial charge in [-0.25, -0.2) is 4.98 Å². The van der Waals surface area contributed by atoms with Crippen LogP contribution in [0.3, 0.4) is 0 Å². The first-order chi connectivity index (χ1) is 9.32. The van der Waals surface area contributed by atoms with Crippen molar-refractivity contribution in [2.45, 2.75) is 32.2 Å². The van der Waals surface area contributed by atoms with Crippen molar-refractivity contribution in [1.29, 1.82) is 0 Å². The maximum absolute atomic E-state index is 6.06. The Morgan fingerprint density at radius 3 is 2.55 bits per heavy atom. The molecule has 108 valence electrons. The highest BCUT2D eigenvalue weighted by Gasteiger charge is 2.22. The SMILES string of the molecule is CNC(c1ccc(Cl)c(Br)c1)c1nc(C(C)(C)C)cs1. The minimum Gasteiger partial charge on any atom is -0.307 e. The van der Waals surface area contributed by atoms with E-state index in [1.807, 2.05) is 25.2 Å². The highest BCUT2D eigenvalue weighted by Crippen LogP contribution is 2.32. The van der Waals surface area contributed by atoms with E-state index in [9.17, 15) is 0 Å². The van der Waals surface area contributed by atoms with E-state index in [0.717, 1.165) is 25.8 Å². The van der Waals surface area contributed by atoms with Gasteiger partial charge in [-0.2, -0.15) is 0 Å². The lowest BCUT2D eigenvalue weighted by molar-refractivity contribution is 0.566. The number of hydrogen-bond acceptors (Lipinski definition) is 3. The summed E-state index contributed by atoms with van der Waals surface area (Å²) in [6, 6.07) is 6.07. The number of thiazole rings is 1. The maximum atomic E-state index is 6.06. The number of benzene rings is 1. The second-order valence-corrected chi connectivity index (χ2v) is 7.87. The minimum absolute atomic E-state index is 0.0770. The number of nitrogens with one attached hydrogen (secondary N) is 1. The van der Waals surface area contributed by atoms with Crippen LogP contribution in [0.15, 0.2) is 28.1 Å². The summed E-state index contributed by atoms with van der Waals surface area (Å²) in [6.07, 6.45) is 0. The Kier molecular flexibility index (Phi) is 4.90. The van der Waals surface area contributed by atoms with Gasteiger partial charge in [0.2, 0.25) is 0 Å². The maximum Gasteiger partial charge on any atom is 0.114 e. The minimum atomic E-state index is 0.0770. The van der Waals surface area contributed by atoms with Crippen molar-refractivity contribution in [3.8, 4) is 0 Å². The molecule has 1 N–H and O–H groups in total. The molecule has 1 unspecified atom stereocenters. The molecule has 1 atom stereocenters. The molecule has 0 aliphatic rings. The second kappa shape index (κ2) is 6.14. The van der Waals surface area contributed by atoms with Crippen molar-refractivity contribution < 1.29 is 0 Å². The molecule has 1 heterocycles. The predicted molar refractivity (Wildman–Crippen MR) is 90.9 cm³/mol. The summed E-state index contributed by atoms with van der Waals surface area (Å²) in [5.41, 5.74) is 2.36. The Morgan fingerprint density at radius 2 is 2.05 bits per heavy atom. The van der Waals surface area contributed by atoms with Gasteiger partial charge in [-0.05, 0) is 40.7 Å². The Morgan fingerprint density at radius 1 is 1.35 bits per heavy atom. The summed E-state index contributed by atoms with van der Waals surface area (Å²) >= 11 is 11.2. The van der Waals surface area contributed by atoms with Gasteiger partial charge in [0.1, 0.15) is 5.01 Å². The van der Waals surface area contributed by atoms with Crippen molar-refractivity contribution in [3.63, 3.8) is 0 Å². The van der Waals surface area contributed by atoms with Crippen molar-refractivity contribution >= 4 is 38.9 Å². The molecule has 2 rings (SSSR count). The lowest BCUT2D eigenvalue weighted by Gasteiger charge is -2.17. The molecule has 2 aromatic rings. The van der Waals surface area contributed by atoms with E-state index < -0.39 is 0 Å². The van der Waals surface area contributed by atoms with Crippen LogP contribution in [0.4, 0.5) is 0 Å². The molecule has 0 bridgehead atoms. The first-order valence-electron chi connectivity index (χ1n) is 6.41. The van der Waals surface area contributed by atoms with Crippen LogP contribution in [0.5, 0.6) is 0 Å². The monoisotopic (exact) mass is 372 g/mol. The van der Waals surface area contributed by atoms with E-state index in [1.165, 1.54) is 0 Å². The number of hydrogen-bond donors (Lipinski definition) is 1. The lowest BCUT2D eigenvalue weighted by Crippen LogP contribution is -2.18. The van der Waals surface area contributed by atoms with Crippen molar-refractivity contribution in [1.82, 2.24) is 10.3 Å². The van der Waals surface area contributed by atoms with E-state index in [-0.39, 0.29) is 11.5 Å². The highest BCUT2D eigenvalue weighted by atomic mass is 79.9. The largest absolute Gasteiger partial charge is 0.307 e. The third-order valence-corrected chi connectivity index (χ3v) is 5.23. The van der Waals surface area contributed by atoms with Crippen LogP contribution >= 0.6 is 38.9 Å². The smallest absolute Gasteiger partial charge is 0.114 e. The van der Waals surface area contributed by atoms with Gasteiger partial charge in [-0.3, -0.25) is 0 Å². The van der Waals surface area contributed by atoms with Gasteiger partial charge in [-0.15, -0.1) is 11.3 Å². The van der Waals surface area contributed by atoms with E-state index in [1.54, 1.807) is 11.3 Å². The summed E-state index contributed by atoms with van der Waals surface area (Å²) in [5.74, 6) is 0. The molecule has 0 amide bonds. The fraction of sp³-hybridized carbons (Fsp3) is 0.400. The van der Waals surface area contributed by atoms with E-state index in [4.69, 9.17) is 16.6 Å². The molecule has 0 fully saturated rings. The normalized spacial score (nSPS) is 13.5. The molecular formula is C15H18BrClN2S. The first kappa shape index (κ1) is 16.0. The fourth-order valence-electron chi connectivity index (χ4n) is 1.89.